The first-order chi connectivity index (χ1) is 8.70. The highest BCUT2D eigenvalue weighted by molar-refractivity contribution is 9.09. The molecule has 0 saturated carbocycles. The Morgan fingerprint density at radius 3 is 2.56 bits per heavy atom. The molecule has 0 spiro atoms. The van der Waals surface area contributed by atoms with Gasteiger partial charge < -0.3 is 9.73 Å². The lowest BCUT2D eigenvalue weighted by Crippen LogP contribution is -2.12. The van der Waals surface area contributed by atoms with Gasteiger partial charge in [-0.15, -0.1) is 0 Å². The molecule has 1 heterocycles. The number of carbonyl (C=O) groups excluding carboxylic acids is 1. The summed E-state index contributed by atoms with van der Waals surface area (Å²) in [4.78, 5) is 11.9. The summed E-state index contributed by atoms with van der Waals surface area (Å²) in [7, 11) is 0. The maximum Gasteiger partial charge on any atom is 0.259 e. The van der Waals surface area contributed by atoms with E-state index in [1.54, 1.807) is 13.0 Å². The van der Waals surface area contributed by atoms with Gasteiger partial charge in [0.2, 0.25) is 0 Å². The molecule has 0 aliphatic carbocycles. The Morgan fingerprint density at radius 2 is 2.00 bits per heavy atom. The Balaban J connectivity index is 2.05. The molecular weight excluding hydrogens is 294 g/mol. The highest BCUT2D eigenvalue weighted by atomic mass is 79.9. The van der Waals surface area contributed by atoms with Crippen LogP contribution in [0.5, 0.6) is 0 Å². The molecule has 2 aromatic rings. The number of benzene rings is 1. The molecule has 0 atom stereocenters. The van der Waals surface area contributed by atoms with Gasteiger partial charge in [0.1, 0.15) is 5.76 Å². The molecule has 1 N–H and O–H groups in total. The zero-order valence-corrected chi connectivity index (χ0v) is 11.7. The van der Waals surface area contributed by atoms with E-state index in [-0.39, 0.29) is 5.91 Å². The third kappa shape index (κ3) is 3.01. The Labute approximate surface area is 114 Å². The number of nitrogens with one attached hydrogen (secondary N) is 1. The van der Waals surface area contributed by atoms with Crippen LogP contribution in [-0.4, -0.2) is 11.2 Å². The average Bonchev–Trinajstić information content (AvgIpc) is 2.78. The van der Waals surface area contributed by atoms with Crippen molar-refractivity contribution in [2.75, 3.05) is 10.6 Å². The minimum atomic E-state index is -0.144. The maximum atomic E-state index is 11.9. The van der Waals surface area contributed by atoms with E-state index in [1.807, 2.05) is 24.3 Å². The van der Waals surface area contributed by atoms with Crippen LogP contribution in [-0.2, 0) is 6.42 Å². The lowest BCUT2D eigenvalue weighted by atomic mass is 10.1. The van der Waals surface area contributed by atoms with Crippen LogP contribution in [0.2, 0.25) is 0 Å². The van der Waals surface area contributed by atoms with Crippen molar-refractivity contribution < 1.29 is 9.21 Å². The second kappa shape index (κ2) is 5.87. The van der Waals surface area contributed by atoms with E-state index >= 15 is 0 Å². The first kappa shape index (κ1) is 12.9. The number of halogens is 1. The van der Waals surface area contributed by atoms with Crippen LogP contribution >= 0.6 is 15.9 Å². The Kier molecular flexibility index (Phi) is 4.20. The zero-order valence-electron chi connectivity index (χ0n) is 10.1. The summed E-state index contributed by atoms with van der Waals surface area (Å²) < 4.78 is 5.11. The molecule has 3 nitrogen and oxygen atoms in total. The van der Waals surface area contributed by atoms with Crippen LogP contribution in [0.1, 0.15) is 21.7 Å². The second-order valence-electron chi connectivity index (χ2n) is 3.98. The molecule has 4 heteroatoms. The molecule has 0 bridgehead atoms. The molecule has 94 valence electrons. The second-order valence-corrected chi connectivity index (χ2v) is 4.77. The Bertz CT molecular complexity index is 531. The molecule has 1 amide bonds. The van der Waals surface area contributed by atoms with Crippen molar-refractivity contribution in [1.82, 2.24) is 0 Å². The van der Waals surface area contributed by atoms with Gasteiger partial charge in [-0.25, -0.2) is 0 Å². The number of aryl methyl sites for hydroxylation is 2. The molecule has 0 unspecified atom stereocenters. The predicted molar refractivity (Wildman–Crippen MR) is 75.3 cm³/mol. The third-order valence-electron chi connectivity index (χ3n) is 2.70. The van der Waals surface area contributed by atoms with Gasteiger partial charge in [0, 0.05) is 11.0 Å². The summed E-state index contributed by atoms with van der Waals surface area (Å²) >= 11 is 3.40. The number of carbonyl (C=O) groups is 1. The van der Waals surface area contributed by atoms with Crippen molar-refractivity contribution in [3.8, 4) is 0 Å². The fourth-order valence-corrected chi connectivity index (χ4v) is 2.14. The van der Waals surface area contributed by atoms with Gasteiger partial charge in [-0.05, 0) is 37.1 Å². The minimum Gasteiger partial charge on any atom is -0.469 e. The number of amides is 1. The number of hydrogen-bond donors (Lipinski definition) is 1. The molecule has 0 radical (unpaired) electrons. The first-order valence-electron chi connectivity index (χ1n) is 5.71. The predicted octanol–water partition coefficient (Wildman–Crippen LogP) is 3.78. The van der Waals surface area contributed by atoms with Crippen molar-refractivity contribution in [2.45, 2.75) is 13.3 Å². The van der Waals surface area contributed by atoms with E-state index in [9.17, 15) is 4.79 Å². The minimum absolute atomic E-state index is 0.144. The topological polar surface area (TPSA) is 42.2 Å². The molecule has 1 aromatic carbocycles. The molecule has 0 saturated heterocycles. The summed E-state index contributed by atoms with van der Waals surface area (Å²) in [5, 5.41) is 3.78. The molecule has 1 aromatic heterocycles. The number of furan rings is 1. The number of anilines is 1. The van der Waals surface area contributed by atoms with Gasteiger partial charge in [0.15, 0.2) is 0 Å². The fourth-order valence-electron chi connectivity index (χ4n) is 1.68. The number of hydrogen-bond acceptors (Lipinski definition) is 2. The third-order valence-corrected chi connectivity index (χ3v) is 3.09. The van der Waals surface area contributed by atoms with E-state index in [4.69, 9.17) is 4.42 Å². The van der Waals surface area contributed by atoms with Crippen LogP contribution in [0.3, 0.4) is 0 Å². The van der Waals surface area contributed by atoms with Gasteiger partial charge in [0.05, 0.1) is 11.8 Å². The molecular formula is C14H14BrNO2. The van der Waals surface area contributed by atoms with E-state index in [0.717, 1.165) is 17.4 Å². The summed E-state index contributed by atoms with van der Waals surface area (Å²) in [5.41, 5.74) is 2.60. The van der Waals surface area contributed by atoms with Crippen LogP contribution in [0.25, 0.3) is 0 Å². The maximum absolute atomic E-state index is 11.9. The van der Waals surface area contributed by atoms with Crippen LogP contribution in [0.15, 0.2) is 41.0 Å². The summed E-state index contributed by atoms with van der Waals surface area (Å²) in [6, 6.07) is 9.51. The van der Waals surface area contributed by atoms with Gasteiger partial charge in [-0.1, -0.05) is 28.1 Å². The van der Waals surface area contributed by atoms with Crippen LogP contribution in [0, 0.1) is 6.92 Å². The highest BCUT2D eigenvalue weighted by Gasteiger charge is 2.11. The molecule has 18 heavy (non-hydrogen) atoms. The van der Waals surface area contributed by atoms with Crippen molar-refractivity contribution in [3.63, 3.8) is 0 Å². The number of alkyl halides is 1. The van der Waals surface area contributed by atoms with E-state index in [2.05, 4.69) is 21.2 Å². The quantitative estimate of drug-likeness (QED) is 0.874. The average molecular weight is 308 g/mol. The normalized spacial score (nSPS) is 10.3. The fraction of sp³-hybridized carbons (Fsp3) is 0.214. The Hall–Kier alpha value is -1.55. The summed E-state index contributed by atoms with van der Waals surface area (Å²) in [6.45, 7) is 1.77. The first-order valence-corrected chi connectivity index (χ1v) is 6.83. The van der Waals surface area contributed by atoms with E-state index in [0.29, 0.717) is 11.3 Å². The lowest BCUT2D eigenvalue weighted by Gasteiger charge is -2.05. The van der Waals surface area contributed by atoms with Crippen molar-refractivity contribution >= 4 is 27.5 Å². The smallest absolute Gasteiger partial charge is 0.259 e. The van der Waals surface area contributed by atoms with Gasteiger partial charge in [-0.2, -0.15) is 0 Å². The van der Waals surface area contributed by atoms with E-state index in [1.165, 1.54) is 11.8 Å². The van der Waals surface area contributed by atoms with Gasteiger partial charge >= 0.3 is 0 Å². The van der Waals surface area contributed by atoms with Crippen LogP contribution in [0.4, 0.5) is 5.69 Å². The SMILES string of the molecule is Cc1occc1C(=O)Nc1ccc(CCBr)cc1. The molecule has 0 fully saturated rings. The van der Waals surface area contributed by atoms with Crippen LogP contribution < -0.4 is 5.32 Å². The van der Waals surface area contributed by atoms with Crippen molar-refractivity contribution in [2.24, 2.45) is 0 Å². The van der Waals surface area contributed by atoms with Crippen molar-refractivity contribution in [1.29, 1.82) is 0 Å². The molecule has 0 aliphatic rings. The monoisotopic (exact) mass is 307 g/mol. The lowest BCUT2D eigenvalue weighted by molar-refractivity contribution is 0.102. The van der Waals surface area contributed by atoms with E-state index < -0.39 is 0 Å². The Morgan fingerprint density at radius 1 is 1.28 bits per heavy atom. The highest BCUT2D eigenvalue weighted by Crippen LogP contribution is 2.14. The standard InChI is InChI=1S/C14H14BrNO2/c1-10-13(7-9-18-10)14(17)16-12-4-2-11(3-5-12)6-8-15/h2-5,7,9H,6,8H2,1H3,(H,16,17). The molecule has 2 rings (SSSR count). The zero-order chi connectivity index (χ0) is 13.0. The summed E-state index contributed by atoms with van der Waals surface area (Å²) in [5.74, 6) is 0.484. The van der Waals surface area contributed by atoms with Gasteiger partial charge in [0.25, 0.3) is 5.91 Å². The van der Waals surface area contributed by atoms with Crippen molar-refractivity contribution in [3.05, 3.63) is 53.5 Å². The summed E-state index contributed by atoms with van der Waals surface area (Å²) in [6.07, 6.45) is 2.50. The van der Waals surface area contributed by atoms with Gasteiger partial charge in [-0.3, -0.25) is 4.79 Å². The number of rotatable bonds is 4. The molecule has 0 aliphatic heterocycles. The largest absolute Gasteiger partial charge is 0.469 e.